The van der Waals surface area contributed by atoms with Crippen molar-refractivity contribution in [2.24, 2.45) is 0 Å². The number of hydrogen-bond donors (Lipinski definition) is 1. The summed E-state index contributed by atoms with van der Waals surface area (Å²) in [4.78, 5) is 11.7. The fourth-order valence-corrected chi connectivity index (χ4v) is 3.83. The van der Waals surface area contributed by atoms with Crippen LogP contribution in [0.2, 0.25) is 0 Å². The summed E-state index contributed by atoms with van der Waals surface area (Å²) in [6.45, 7) is 8.41. The number of fused-ring (bicyclic) bond motifs is 1. The second-order valence-electron chi connectivity index (χ2n) is 7.21. The van der Waals surface area contributed by atoms with Gasteiger partial charge in [-0.15, -0.1) is 0 Å². The van der Waals surface area contributed by atoms with Gasteiger partial charge in [0, 0.05) is 49.0 Å². The fraction of sp³-hybridized carbons (Fsp3) is 0.476. The van der Waals surface area contributed by atoms with Gasteiger partial charge < -0.3 is 14.8 Å². The van der Waals surface area contributed by atoms with E-state index < -0.39 is 0 Å². The standard InChI is InChI=1S/C21H27BrN6O2/c1-2-10-30-15-28-20-18(19(26-28)16-4-3-5-17(22)13-16)14-24-21(25-20)23-6-7-27-8-11-29-12-9-27/h3-5,13-14H,2,6-12,15H2,1H3,(H,23,24,25). The first-order valence-corrected chi connectivity index (χ1v) is 11.1. The van der Waals surface area contributed by atoms with E-state index in [-0.39, 0.29) is 0 Å². The predicted molar refractivity (Wildman–Crippen MR) is 120 cm³/mol. The first-order valence-electron chi connectivity index (χ1n) is 10.4. The molecule has 1 aliphatic heterocycles. The van der Waals surface area contributed by atoms with Crippen LogP contribution in [0.15, 0.2) is 34.9 Å². The van der Waals surface area contributed by atoms with Gasteiger partial charge in [0.25, 0.3) is 0 Å². The van der Waals surface area contributed by atoms with Gasteiger partial charge in [-0.05, 0) is 18.6 Å². The van der Waals surface area contributed by atoms with Crippen LogP contribution in [0.5, 0.6) is 0 Å². The number of nitrogens with zero attached hydrogens (tertiary/aromatic N) is 5. The number of halogens is 1. The third-order valence-electron chi connectivity index (χ3n) is 4.96. The van der Waals surface area contributed by atoms with Crippen LogP contribution in [-0.2, 0) is 16.2 Å². The third kappa shape index (κ3) is 5.15. The van der Waals surface area contributed by atoms with E-state index in [9.17, 15) is 0 Å². The molecule has 0 spiro atoms. The van der Waals surface area contributed by atoms with Gasteiger partial charge in [0.15, 0.2) is 5.65 Å². The highest BCUT2D eigenvalue weighted by molar-refractivity contribution is 9.10. The van der Waals surface area contributed by atoms with Crippen molar-refractivity contribution in [1.82, 2.24) is 24.6 Å². The minimum absolute atomic E-state index is 0.364. The molecule has 0 bridgehead atoms. The molecule has 1 N–H and O–H groups in total. The lowest BCUT2D eigenvalue weighted by Crippen LogP contribution is -2.39. The van der Waals surface area contributed by atoms with Crippen molar-refractivity contribution in [3.8, 4) is 11.3 Å². The molecule has 0 atom stereocenters. The Hall–Kier alpha value is -2.07. The summed E-state index contributed by atoms with van der Waals surface area (Å²) >= 11 is 3.54. The van der Waals surface area contributed by atoms with E-state index in [4.69, 9.17) is 19.6 Å². The monoisotopic (exact) mass is 474 g/mol. The molecule has 0 radical (unpaired) electrons. The van der Waals surface area contributed by atoms with Crippen LogP contribution >= 0.6 is 15.9 Å². The maximum atomic E-state index is 5.74. The minimum Gasteiger partial charge on any atom is -0.379 e. The summed E-state index contributed by atoms with van der Waals surface area (Å²) in [7, 11) is 0. The average molecular weight is 475 g/mol. The van der Waals surface area contributed by atoms with Gasteiger partial charge in [-0.2, -0.15) is 10.1 Å². The number of hydrogen-bond acceptors (Lipinski definition) is 7. The molecule has 3 aromatic rings. The Morgan fingerprint density at radius 3 is 2.93 bits per heavy atom. The number of nitrogens with one attached hydrogen (secondary N) is 1. The Balaban J connectivity index is 1.56. The zero-order valence-corrected chi connectivity index (χ0v) is 18.8. The Morgan fingerprint density at radius 1 is 1.27 bits per heavy atom. The smallest absolute Gasteiger partial charge is 0.224 e. The number of rotatable bonds is 9. The van der Waals surface area contributed by atoms with E-state index in [2.05, 4.69) is 38.1 Å². The van der Waals surface area contributed by atoms with E-state index in [0.29, 0.717) is 19.3 Å². The normalized spacial score (nSPS) is 15.0. The van der Waals surface area contributed by atoms with E-state index in [1.807, 2.05) is 35.1 Å². The molecule has 9 heteroatoms. The largest absolute Gasteiger partial charge is 0.379 e. The van der Waals surface area contributed by atoms with Gasteiger partial charge in [-0.1, -0.05) is 35.0 Å². The van der Waals surface area contributed by atoms with Crippen molar-refractivity contribution < 1.29 is 9.47 Å². The van der Waals surface area contributed by atoms with Crippen molar-refractivity contribution in [1.29, 1.82) is 0 Å². The highest BCUT2D eigenvalue weighted by atomic mass is 79.9. The fourth-order valence-electron chi connectivity index (χ4n) is 3.43. The van der Waals surface area contributed by atoms with E-state index in [1.54, 1.807) is 0 Å². The van der Waals surface area contributed by atoms with Crippen molar-refractivity contribution >= 4 is 32.9 Å². The SMILES string of the molecule is CCCOCn1nc(-c2cccc(Br)c2)c2cnc(NCCN3CCOCC3)nc21. The molecular weight excluding hydrogens is 448 g/mol. The van der Waals surface area contributed by atoms with E-state index >= 15 is 0 Å². The summed E-state index contributed by atoms with van der Waals surface area (Å²) in [5, 5.41) is 9.04. The van der Waals surface area contributed by atoms with Crippen molar-refractivity contribution in [3.05, 3.63) is 34.9 Å². The molecule has 0 amide bonds. The Kier molecular flexibility index (Phi) is 7.27. The molecule has 2 aromatic heterocycles. The lowest BCUT2D eigenvalue weighted by Gasteiger charge is -2.26. The molecule has 1 aromatic carbocycles. The zero-order chi connectivity index (χ0) is 20.8. The summed E-state index contributed by atoms with van der Waals surface area (Å²) in [6, 6.07) is 8.09. The molecule has 4 rings (SSSR count). The first-order chi connectivity index (χ1) is 14.7. The molecule has 0 unspecified atom stereocenters. The molecule has 8 nitrogen and oxygen atoms in total. The number of benzene rings is 1. The van der Waals surface area contributed by atoms with Crippen LogP contribution in [0.1, 0.15) is 13.3 Å². The molecule has 1 aliphatic rings. The molecule has 0 saturated carbocycles. The lowest BCUT2D eigenvalue weighted by molar-refractivity contribution is 0.0398. The highest BCUT2D eigenvalue weighted by Crippen LogP contribution is 2.29. The second-order valence-corrected chi connectivity index (χ2v) is 8.12. The summed E-state index contributed by atoms with van der Waals surface area (Å²) in [6.07, 6.45) is 2.81. The number of morpholine rings is 1. The number of ether oxygens (including phenoxy) is 2. The van der Waals surface area contributed by atoms with Crippen LogP contribution in [0.3, 0.4) is 0 Å². The number of anilines is 1. The van der Waals surface area contributed by atoms with Crippen molar-refractivity contribution in [2.75, 3.05) is 51.3 Å². The zero-order valence-electron chi connectivity index (χ0n) is 17.2. The van der Waals surface area contributed by atoms with Gasteiger partial charge in [0.05, 0.1) is 18.6 Å². The molecule has 1 fully saturated rings. The Bertz CT molecular complexity index is 973. The molecular formula is C21H27BrN6O2. The van der Waals surface area contributed by atoms with Gasteiger partial charge in [0.1, 0.15) is 12.4 Å². The van der Waals surface area contributed by atoms with Crippen molar-refractivity contribution in [3.63, 3.8) is 0 Å². The molecule has 3 heterocycles. The van der Waals surface area contributed by atoms with Crippen LogP contribution in [0, 0.1) is 0 Å². The first kappa shape index (κ1) is 21.2. The van der Waals surface area contributed by atoms with Gasteiger partial charge >= 0.3 is 0 Å². The van der Waals surface area contributed by atoms with Crippen LogP contribution in [0.4, 0.5) is 5.95 Å². The van der Waals surface area contributed by atoms with E-state index in [0.717, 1.165) is 72.6 Å². The highest BCUT2D eigenvalue weighted by Gasteiger charge is 2.16. The van der Waals surface area contributed by atoms with Crippen LogP contribution in [-0.4, -0.2) is 70.6 Å². The average Bonchev–Trinajstić information content (AvgIpc) is 3.13. The number of aromatic nitrogens is 4. The summed E-state index contributed by atoms with van der Waals surface area (Å²) in [5.41, 5.74) is 2.64. The van der Waals surface area contributed by atoms with Gasteiger partial charge in [-0.25, -0.2) is 9.67 Å². The molecule has 30 heavy (non-hydrogen) atoms. The quantitative estimate of drug-likeness (QED) is 0.476. The minimum atomic E-state index is 0.364. The predicted octanol–water partition coefficient (Wildman–Crippen LogP) is 3.38. The van der Waals surface area contributed by atoms with Crippen molar-refractivity contribution in [2.45, 2.75) is 20.1 Å². The maximum absolute atomic E-state index is 5.74. The summed E-state index contributed by atoms with van der Waals surface area (Å²) in [5.74, 6) is 0.605. The van der Waals surface area contributed by atoms with Crippen LogP contribution in [0.25, 0.3) is 22.3 Å². The van der Waals surface area contributed by atoms with Crippen LogP contribution < -0.4 is 5.32 Å². The topological polar surface area (TPSA) is 77.3 Å². The Morgan fingerprint density at radius 2 is 2.13 bits per heavy atom. The molecule has 1 saturated heterocycles. The third-order valence-corrected chi connectivity index (χ3v) is 5.46. The second kappa shape index (κ2) is 10.3. The van der Waals surface area contributed by atoms with Gasteiger partial charge in [0.2, 0.25) is 5.95 Å². The molecule has 160 valence electrons. The maximum Gasteiger partial charge on any atom is 0.224 e. The van der Waals surface area contributed by atoms with E-state index in [1.165, 1.54) is 0 Å². The summed E-state index contributed by atoms with van der Waals surface area (Å²) < 4.78 is 14.0. The Labute approximate surface area is 184 Å². The molecule has 0 aliphatic carbocycles. The van der Waals surface area contributed by atoms with Gasteiger partial charge in [-0.3, -0.25) is 4.90 Å². The lowest BCUT2D eigenvalue weighted by atomic mass is 10.1.